The van der Waals surface area contributed by atoms with E-state index in [-0.39, 0.29) is 23.9 Å². The molecule has 1 aromatic heterocycles. The minimum atomic E-state index is -3.21. The zero-order chi connectivity index (χ0) is 16.4. The van der Waals surface area contributed by atoms with E-state index >= 15 is 0 Å². The lowest BCUT2D eigenvalue weighted by Crippen LogP contribution is -2.46. The third-order valence-corrected chi connectivity index (χ3v) is 6.88. The van der Waals surface area contributed by atoms with Crippen molar-refractivity contribution in [2.24, 2.45) is 0 Å². The van der Waals surface area contributed by atoms with Crippen LogP contribution in [-0.4, -0.2) is 61.8 Å². The Labute approximate surface area is 138 Å². The molecule has 3 rings (SSSR count). The SMILES string of the molecule is CCCS(=O)(=O)N1C[C@H](N(C)Cc2ccco2)C2OCCCC21. The van der Waals surface area contributed by atoms with E-state index in [4.69, 9.17) is 9.15 Å². The highest BCUT2D eigenvalue weighted by molar-refractivity contribution is 7.89. The summed E-state index contributed by atoms with van der Waals surface area (Å²) in [6.07, 6.45) is 4.07. The Morgan fingerprint density at radius 3 is 2.96 bits per heavy atom. The van der Waals surface area contributed by atoms with Gasteiger partial charge in [-0.15, -0.1) is 0 Å². The summed E-state index contributed by atoms with van der Waals surface area (Å²) in [5.41, 5.74) is 0. The zero-order valence-corrected chi connectivity index (χ0v) is 14.7. The Hall–Kier alpha value is -0.890. The van der Waals surface area contributed by atoms with Crippen LogP contribution in [0.5, 0.6) is 0 Å². The Bertz CT molecular complexity index is 602. The van der Waals surface area contributed by atoms with Crippen molar-refractivity contribution >= 4 is 10.0 Å². The van der Waals surface area contributed by atoms with E-state index in [0.29, 0.717) is 26.1 Å². The predicted molar refractivity (Wildman–Crippen MR) is 87.5 cm³/mol. The second-order valence-corrected chi connectivity index (χ2v) is 8.53. The zero-order valence-electron chi connectivity index (χ0n) is 13.8. The fourth-order valence-corrected chi connectivity index (χ4v) is 5.51. The average molecular weight is 342 g/mol. The lowest BCUT2D eigenvalue weighted by molar-refractivity contribution is -0.0325. The van der Waals surface area contributed by atoms with Crippen molar-refractivity contribution in [3.63, 3.8) is 0 Å². The van der Waals surface area contributed by atoms with Crippen LogP contribution in [0.1, 0.15) is 31.9 Å². The van der Waals surface area contributed by atoms with Gasteiger partial charge in [0.1, 0.15) is 5.76 Å². The second kappa shape index (κ2) is 6.93. The molecule has 0 radical (unpaired) electrons. The van der Waals surface area contributed by atoms with Crippen molar-refractivity contribution in [1.82, 2.24) is 9.21 Å². The van der Waals surface area contributed by atoms with E-state index in [0.717, 1.165) is 18.6 Å². The summed E-state index contributed by atoms with van der Waals surface area (Å²) in [5.74, 6) is 1.10. The maximum atomic E-state index is 12.6. The monoisotopic (exact) mass is 342 g/mol. The molecular formula is C16H26N2O4S. The van der Waals surface area contributed by atoms with E-state index in [9.17, 15) is 8.42 Å². The van der Waals surface area contributed by atoms with Crippen molar-refractivity contribution in [3.05, 3.63) is 24.2 Å². The van der Waals surface area contributed by atoms with Crippen LogP contribution in [0.15, 0.2) is 22.8 Å². The maximum absolute atomic E-state index is 12.6. The molecule has 1 aromatic rings. The summed E-state index contributed by atoms with van der Waals surface area (Å²) in [4.78, 5) is 2.16. The van der Waals surface area contributed by atoms with Crippen LogP contribution in [0.4, 0.5) is 0 Å². The summed E-state index contributed by atoms with van der Waals surface area (Å²) in [5, 5.41) is 0. The molecule has 0 bridgehead atoms. The first-order chi connectivity index (χ1) is 11.0. The van der Waals surface area contributed by atoms with Gasteiger partial charge in [-0.25, -0.2) is 8.42 Å². The molecule has 0 N–H and O–H groups in total. The number of hydrogen-bond acceptors (Lipinski definition) is 5. The quantitative estimate of drug-likeness (QED) is 0.787. The highest BCUT2D eigenvalue weighted by Crippen LogP contribution is 2.34. The van der Waals surface area contributed by atoms with E-state index in [1.807, 2.05) is 26.1 Å². The number of ether oxygens (including phenoxy) is 1. The van der Waals surface area contributed by atoms with Crippen molar-refractivity contribution in [3.8, 4) is 0 Å². The van der Waals surface area contributed by atoms with Crippen molar-refractivity contribution in [2.45, 2.75) is 50.9 Å². The molecule has 2 aliphatic rings. The van der Waals surface area contributed by atoms with Gasteiger partial charge < -0.3 is 9.15 Å². The summed E-state index contributed by atoms with van der Waals surface area (Å²) in [7, 11) is -1.19. The van der Waals surface area contributed by atoms with Crippen LogP contribution in [0.25, 0.3) is 0 Å². The largest absolute Gasteiger partial charge is 0.468 e. The lowest BCUT2D eigenvalue weighted by Gasteiger charge is -2.34. The minimum absolute atomic E-state index is 0.0237. The molecule has 0 aliphatic carbocycles. The number of sulfonamides is 1. The third kappa shape index (κ3) is 3.47. The first-order valence-electron chi connectivity index (χ1n) is 8.36. The van der Waals surface area contributed by atoms with E-state index in [2.05, 4.69) is 4.90 Å². The summed E-state index contributed by atoms with van der Waals surface area (Å²) < 4.78 is 38.3. The molecule has 0 aromatic carbocycles. The van der Waals surface area contributed by atoms with Gasteiger partial charge in [0, 0.05) is 13.2 Å². The van der Waals surface area contributed by atoms with Gasteiger partial charge >= 0.3 is 0 Å². The minimum Gasteiger partial charge on any atom is -0.468 e. The molecular weight excluding hydrogens is 316 g/mol. The Kier molecular flexibility index (Phi) is 5.10. The average Bonchev–Trinajstić information content (AvgIpc) is 3.14. The topological polar surface area (TPSA) is 63.0 Å². The number of rotatable bonds is 6. The van der Waals surface area contributed by atoms with Crippen LogP contribution in [-0.2, 0) is 21.3 Å². The standard InChI is InChI=1S/C16H26N2O4S/c1-3-10-23(19,20)18-12-15(16-14(18)7-5-9-22-16)17(2)11-13-6-4-8-21-13/h4,6,8,14-16H,3,5,7,9-12H2,1-2H3/t14?,15-,16?/m0/s1. The molecule has 2 saturated heterocycles. The molecule has 0 spiro atoms. The van der Waals surface area contributed by atoms with E-state index in [1.54, 1.807) is 10.6 Å². The van der Waals surface area contributed by atoms with Gasteiger partial charge in [0.05, 0.1) is 36.7 Å². The van der Waals surface area contributed by atoms with Gasteiger partial charge in [0.25, 0.3) is 0 Å². The van der Waals surface area contributed by atoms with Gasteiger partial charge in [-0.3, -0.25) is 4.90 Å². The highest BCUT2D eigenvalue weighted by Gasteiger charge is 2.49. The Morgan fingerprint density at radius 2 is 2.26 bits per heavy atom. The van der Waals surface area contributed by atoms with Gasteiger partial charge in [-0.1, -0.05) is 6.92 Å². The third-order valence-electron chi connectivity index (χ3n) is 4.82. The molecule has 3 atom stereocenters. The molecule has 0 amide bonds. The van der Waals surface area contributed by atoms with Crippen LogP contribution >= 0.6 is 0 Å². The maximum Gasteiger partial charge on any atom is 0.214 e. The first kappa shape index (κ1) is 17.0. The molecule has 23 heavy (non-hydrogen) atoms. The first-order valence-corrected chi connectivity index (χ1v) is 9.97. The molecule has 2 unspecified atom stereocenters. The summed E-state index contributed by atoms with van der Waals surface area (Å²) in [6, 6.07) is 3.85. The van der Waals surface area contributed by atoms with Crippen LogP contribution in [0.2, 0.25) is 0 Å². The number of nitrogens with zero attached hydrogens (tertiary/aromatic N) is 2. The predicted octanol–water partition coefficient (Wildman–Crippen LogP) is 1.68. The summed E-state index contributed by atoms with van der Waals surface area (Å²) >= 11 is 0. The number of furan rings is 1. The molecule has 7 heteroatoms. The van der Waals surface area contributed by atoms with Crippen LogP contribution in [0, 0.1) is 0 Å². The van der Waals surface area contributed by atoms with Crippen molar-refractivity contribution < 1.29 is 17.6 Å². The molecule has 3 heterocycles. The highest BCUT2D eigenvalue weighted by atomic mass is 32.2. The number of fused-ring (bicyclic) bond motifs is 1. The van der Waals surface area contributed by atoms with Gasteiger partial charge in [0.15, 0.2) is 0 Å². The van der Waals surface area contributed by atoms with Crippen molar-refractivity contribution in [1.29, 1.82) is 0 Å². The number of likely N-dealkylation sites (N-methyl/N-ethyl adjacent to an activating group) is 1. The molecule has 2 aliphatic heterocycles. The normalized spacial score (nSPS) is 29.1. The summed E-state index contributed by atoms with van der Waals surface area (Å²) in [6.45, 7) is 3.79. The van der Waals surface area contributed by atoms with Crippen LogP contribution < -0.4 is 0 Å². The fraction of sp³-hybridized carbons (Fsp3) is 0.750. The molecule has 130 valence electrons. The molecule has 2 fully saturated rings. The Balaban J connectivity index is 1.78. The molecule has 0 saturated carbocycles. The second-order valence-electron chi connectivity index (χ2n) is 6.49. The van der Waals surface area contributed by atoms with Gasteiger partial charge in [-0.05, 0) is 38.4 Å². The van der Waals surface area contributed by atoms with E-state index < -0.39 is 10.0 Å². The smallest absolute Gasteiger partial charge is 0.214 e. The van der Waals surface area contributed by atoms with Gasteiger partial charge in [0.2, 0.25) is 10.0 Å². The number of hydrogen-bond donors (Lipinski definition) is 0. The van der Waals surface area contributed by atoms with Crippen molar-refractivity contribution in [2.75, 3.05) is 26.0 Å². The fourth-order valence-electron chi connectivity index (χ4n) is 3.74. The molecule has 6 nitrogen and oxygen atoms in total. The van der Waals surface area contributed by atoms with E-state index in [1.165, 1.54) is 0 Å². The Morgan fingerprint density at radius 1 is 1.43 bits per heavy atom. The van der Waals surface area contributed by atoms with Gasteiger partial charge in [-0.2, -0.15) is 4.31 Å². The van der Waals surface area contributed by atoms with Crippen LogP contribution in [0.3, 0.4) is 0 Å². The lowest BCUT2D eigenvalue weighted by atomic mass is 10.0.